The molecule has 5 atom stereocenters. The van der Waals surface area contributed by atoms with E-state index in [1.165, 1.54) is 22.7 Å². The predicted molar refractivity (Wildman–Crippen MR) is 186 cm³/mol. The van der Waals surface area contributed by atoms with Gasteiger partial charge in [-0.15, -0.1) is 18.3 Å². The smallest absolute Gasteiger partial charge is 0.316 e. The van der Waals surface area contributed by atoms with Crippen molar-refractivity contribution in [2.75, 3.05) is 18.8 Å². The van der Waals surface area contributed by atoms with Gasteiger partial charge in [0.1, 0.15) is 17.5 Å². The average molecular weight is 678 g/mol. The molecule has 1 unspecified atom stereocenters. The highest BCUT2D eigenvalue weighted by atomic mass is 32.2. The Morgan fingerprint density at radius 1 is 0.894 bits per heavy atom. The van der Waals surface area contributed by atoms with E-state index in [-0.39, 0.29) is 30.1 Å². The zero-order valence-corrected chi connectivity index (χ0v) is 30.8. The number of ketones is 2. The van der Waals surface area contributed by atoms with Gasteiger partial charge in [-0.25, -0.2) is 4.79 Å². The molecule has 0 aromatic carbocycles. The molecular weight excluding hydrogens is 618 g/mol. The minimum Gasteiger partial charge on any atom is -0.346 e. The number of thioether (sulfide) groups is 1. The summed E-state index contributed by atoms with van der Waals surface area (Å²) in [7, 11) is 0. The van der Waals surface area contributed by atoms with Crippen LogP contribution in [-0.2, 0) is 24.0 Å². The Morgan fingerprint density at radius 2 is 1.49 bits per heavy atom. The minimum atomic E-state index is -1.12. The number of urea groups is 1. The number of hydrogen-bond acceptors (Lipinski definition) is 7. The van der Waals surface area contributed by atoms with Crippen molar-refractivity contribution in [3.8, 4) is 0 Å². The molecule has 11 nitrogen and oxygen atoms in total. The number of rotatable bonds is 17. The first kappa shape index (κ1) is 40.3. The van der Waals surface area contributed by atoms with E-state index in [1.807, 2.05) is 55.4 Å². The van der Waals surface area contributed by atoms with Crippen molar-refractivity contribution >= 4 is 47.1 Å². The van der Waals surface area contributed by atoms with Crippen molar-refractivity contribution in [2.45, 2.75) is 124 Å². The average Bonchev–Trinajstić information content (AvgIpc) is 3.73. The van der Waals surface area contributed by atoms with Crippen molar-refractivity contribution in [1.29, 1.82) is 0 Å². The standard InChI is InChI=1S/C35H59N5O6S/c1-11-13-14-20-47-31(26(42)30(44)36-18-12-2)39-29(43)24-23(21(3)4)17-19-40(24)32(45)28(35(8,9)10)38-33(46)37-27(34(5,6)7)25(41)22-15-16-22/h12,21-24,27-28,31H,2,11,13-20H2,1,3-10H3,(H,36,44)(H,39,43)(H2,37,38,46)/t23-,24+,27-,28-,31?/m1/s1. The molecule has 4 N–H and O–H groups in total. The van der Waals surface area contributed by atoms with E-state index in [0.29, 0.717) is 18.7 Å². The van der Waals surface area contributed by atoms with Crippen LogP contribution < -0.4 is 21.3 Å². The Balaban J connectivity index is 2.33. The Labute approximate surface area is 285 Å². The van der Waals surface area contributed by atoms with Crippen molar-refractivity contribution in [3.05, 3.63) is 12.7 Å². The van der Waals surface area contributed by atoms with Gasteiger partial charge in [0.15, 0.2) is 5.78 Å². The van der Waals surface area contributed by atoms with E-state index in [2.05, 4.69) is 34.8 Å². The summed E-state index contributed by atoms with van der Waals surface area (Å²) in [5, 5.41) is 9.88. The van der Waals surface area contributed by atoms with Crippen molar-refractivity contribution < 1.29 is 28.8 Å². The molecular formula is C35H59N5O6S. The molecule has 0 bridgehead atoms. The van der Waals surface area contributed by atoms with Gasteiger partial charge in [0.05, 0.1) is 6.04 Å². The van der Waals surface area contributed by atoms with Crippen LogP contribution in [0.5, 0.6) is 0 Å². The second-order valence-electron chi connectivity index (χ2n) is 15.4. The molecule has 47 heavy (non-hydrogen) atoms. The van der Waals surface area contributed by atoms with Crippen LogP contribution in [0.15, 0.2) is 12.7 Å². The third kappa shape index (κ3) is 11.6. The first-order valence-electron chi connectivity index (χ1n) is 17.1. The summed E-state index contributed by atoms with van der Waals surface area (Å²) in [5.41, 5.74) is -1.26. The number of hydrogen-bond donors (Lipinski definition) is 4. The number of amides is 5. The van der Waals surface area contributed by atoms with Crippen LogP contribution >= 0.6 is 11.8 Å². The molecule has 266 valence electrons. The van der Waals surface area contributed by atoms with E-state index >= 15 is 0 Å². The molecule has 2 fully saturated rings. The molecule has 2 rings (SSSR count). The number of nitrogens with zero attached hydrogens (tertiary/aromatic N) is 1. The van der Waals surface area contributed by atoms with E-state index in [0.717, 1.165) is 32.1 Å². The van der Waals surface area contributed by atoms with E-state index < -0.39 is 63.9 Å². The second-order valence-corrected chi connectivity index (χ2v) is 16.6. The lowest BCUT2D eigenvalue weighted by Crippen LogP contribution is -2.62. The van der Waals surface area contributed by atoms with Crippen molar-refractivity contribution in [1.82, 2.24) is 26.2 Å². The SMILES string of the molecule is C=CCNC(=O)C(=O)C(NC(=O)[C@@H]1[C@@H](C(C)C)CCN1C(=O)[C@@H](NC(=O)N[C@H](C(=O)C1CC1)C(C)(C)C)C(C)(C)C)SCCCCC. The van der Waals surface area contributed by atoms with Crippen molar-refractivity contribution in [3.63, 3.8) is 0 Å². The molecule has 5 amide bonds. The lowest BCUT2D eigenvalue weighted by Gasteiger charge is -2.37. The fraction of sp³-hybridized carbons (Fsp3) is 0.771. The molecule has 1 saturated heterocycles. The fourth-order valence-corrected chi connectivity index (χ4v) is 6.92. The van der Waals surface area contributed by atoms with Crippen LogP contribution in [0.4, 0.5) is 4.79 Å². The van der Waals surface area contributed by atoms with Crippen LogP contribution in [0, 0.1) is 28.6 Å². The predicted octanol–water partition coefficient (Wildman–Crippen LogP) is 4.20. The molecule has 0 aromatic rings. The maximum absolute atomic E-state index is 14.3. The summed E-state index contributed by atoms with van der Waals surface area (Å²) in [6.07, 6.45) is 6.42. The quantitative estimate of drug-likeness (QED) is 0.0779. The fourth-order valence-electron chi connectivity index (χ4n) is 5.86. The summed E-state index contributed by atoms with van der Waals surface area (Å²) in [6.45, 7) is 21.2. The lowest BCUT2D eigenvalue weighted by molar-refractivity contribution is -0.144. The minimum absolute atomic E-state index is 0.00261. The molecule has 1 saturated carbocycles. The first-order chi connectivity index (χ1) is 21.8. The molecule has 0 radical (unpaired) electrons. The summed E-state index contributed by atoms with van der Waals surface area (Å²) in [5.74, 6) is -2.15. The molecule has 1 heterocycles. The summed E-state index contributed by atoms with van der Waals surface area (Å²) in [6, 6.07) is -3.24. The Morgan fingerprint density at radius 3 is 2.00 bits per heavy atom. The number of carbonyl (C=O) groups is 6. The largest absolute Gasteiger partial charge is 0.346 e. The lowest BCUT2D eigenvalue weighted by atomic mass is 9.82. The topological polar surface area (TPSA) is 154 Å². The Bertz CT molecular complexity index is 1160. The zero-order chi connectivity index (χ0) is 35.7. The van der Waals surface area contributed by atoms with Crippen LogP contribution in [0.3, 0.4) is 0 Å². The van der Waals surface area contributed by atoms with E-state index in [1.54, 1.807) is 0 Å². The molecule has 0 spiro atoms. The van der Waals surface area contributed by atoms with Gasteiger partial charge in [-0.1, -0.05) is 81.2 Å². The number of likely N-dealkylation sites (tertiary alicyclic amines) is 1. The Kier molecular flexibility index (Phi) is 15.0. The third-order valence-corrected chi connectivity index (χ3v) is 10.0. The number of carbonyl (C=O) groups excluding carboxylic acids is 6. The molecule has 0 aromatic heterocycles. The number of nitrogens with one attached hydrogen (secondary N) is 4. The second kappa shape index (κ2) is 17.5. The highest BCUT2D eigenvalue weighted by molar-refractivity contribution is 8.00. The molecule has 1 aliphatic carbocycles. The summed E-state index contributed by atoms with van der Waals surface area (Å²) >= 11 is 1.21. The van der Waals surface area contributed by atoms with Crippen LogP contribution in [-0.4, -0.2) is 82.6 Å². The maximum Gasteiger partial charge on any atom is 0.316 e. The highest BCUT2D eigenvalue weighted by Gasteiger charge is 2.48. The van der Waals surface area contributed by atoms with Gasteiger partial charge in [0.2, 0.25) is 11.8 Å². The third-order valence-electron chi connectivity index (χ3n) is 8.82. The van der Waals surface area contributed by atoms with Crippen LogP contribution in [0.25, 0.3) is 0 Å². The van der Waals surface area contributed by atoms with Crippen LogP contribution in [0.2, 0.25) is 0 Å². The van der Waals surface area contributed by atoms with E-state index in [9.17, 15) is 28.8 Å². The van der Waals surface area contributed by atoms with Gasteiger partial charge >= 0.3 is 6.03 Å². The zero-order valence-electron chi connectivity index (χ0n) is 30.0. The maximum atomic E-state index is 14.3. The van der Waals surface area contributed by atoms with Gasteiger partial charge in [-0.2, -0.15) is 0 Å². The molecule has 1 aliphatic heterocycles. The van der Waals surface area contributed by atoms with Gasteiger partial charge in [-0.3, -0.25) is 24.0 Å². The molecule has 2 aliphatic rings. The number of Topliss-reactive ketones (excluding diaryl/α,β-unsaturated/α-hetero) is 2. The summed E-state index contributed by atoms with van der Waals surface area (Å²) in [4.78, 5) is 82.1. The number of unbranched alkanes of at least 4 members (excludes halogenated alkanes) is 2. The van der Waals surface area contributed by atoms with Gasteiger partial charge < -0.3 is 26.2 Å². The first-order valence-corrected chi connectivity index (χ1v) is 18.2. The van der Waals surface area contributed by atoms with Gasteiger partial charge in [0.25, 0.3) is 11.7 Å². The van der Waals surface area contributed by atoms with Gasteiger partial charge in [-0.05, 0) is 54.1 Å². The summed E-state index contributed by atoms with van der Waals surface area (Å²) < 4.78 is 0. The monoisotopic (exact) mass is 677 g/mol. The van der Waals surface area contributed by atoms with Crippen LogP contribution in [0.1, 0.15) is 101 Å². The van der Waals surface area contributed by atoms with Crippen molar-refractivity contribution in [2.24, 2.45) is 28.6 Å². The normalized spacial score (nSPS) is 20.2. The van der Waals surface area contributed by atoms with Gasteiger partial charge in [0, 0.05) is 19.0 Å². The Hall–Kier alpha value is -2.89. The van der Waals surface area contributed by atoms with E-state index in [4.69, 9.17) is 0 Å². The highest BCUT2D eigenvalue weighted by Crippen LogP contribution is 2.36. The molecule has 12 heteroatoms.